The van der Waals surface area contributed by atoms with Gasteiger partial charge < -0.3 is 0 Å². The Morgan fingerprint density at radius 1 is 1.43 bits per heavy atom. The van der Waals surface area contributed by atoms with Crippen molar-refractivity contribution in [3.63, 3.8) is 0 Å². The predicted molar refractivity (Wildman–Crippen MR) is 42.7 cm³/mol. The summed E-state index contributed by atoms with van der Waals surface area (Å²) in [5, 5.41) is 0. The van der Waals surface area contributed by atoms with E-state index in [4.69, 9.17) is 7.57 Å². The molecule has 0 fully saturated rings. The SMILES string of the molecule is [B]PCCCCP. The van der Waals surface area contributed by atoms with Gasteiger partial charge in [-0.15, -0.1) is 9.24 Å². The Labute approximate surface area is 51.2 Å². The van der Waals surface area contributed by atoms with Gasteiger partial charge in [0.15, 0.2) is 0 Å². The Morgan fingerprint density at radius 2 is 2.14 bits per heavy atom. The Bertz CT molecular complexity index is 28.9. The Morgan fingerprint density at radius 3 is 2.57 bits per heavy atom. The molecular weight excluding hydrogens is 121 g/mol. The molecule has 0 aromatic rings. The number of unbranched alkanes of at least 4 members (excludes halogenated alkanes) is 1. The Kier molecular flexibility index (Phi) is 7.84. The van der Waals surface area contributed by atoms with Crippen molar-refractivity contribution in [2.75, 3.05) is 12.3 Å². The third kappa shape index (κ3) is 6.92. The van der Waals surface area contributed by atoms with Crippen molar-refractivity contribution in [2.45, 2.75) is 12.8 Å². The van der Waals surface area contributed by atoms with Crippen molar-refractivity contribution in [3.8, 4) is 0 Å². The fraction of sp³-hybridized carbons (Fsp3) is 1.00. The maximum absolute atomic E-state index is 5.29. The van der Waals surface area contributed by atoms with Gasteiger partial charge in [0.05, 0.1) is 0 Å². The lowest BCUT2D eigenvalue weighted by Crippen LogP contribution is -1.76. The number of hydrogen-bond acceptors (Lipinski definition) is 0. The molecule has 0 aromatic carbocycles. The summed E-state index contributed by atoms with van der Waals surface area (Å²) < 4.78 is 0. The summed E-state index contributed by atoms with van der Waals surface area (Å²) in [4.78, 5) is 0. The molecule has 7 heavy (non-hydrogen) atoms. The first-order valence-electron chi connectivity index (χ1n) is 2.55. The van der Waals surface area contributed by atoms with Crippen molar-refractivity contribution >= 4 is 25.3 Å². The molecule has 0 heterocycles. The van der Waals surface area contributed by atoms with Gasteiger partial charge >= 0.3 is 0 Å². The monoisotopic (exact) mass is 132 g/mol. The van der Waals surface area contributed by atoms with Crippen LogP contribution >= 0.6 is 17.7 Å². The van der Waals surface area contributed by atoms with E-state index in [-0.39, 0.29) is 0 Å². The van der Waals surface area contributed by atoms with Crippen molar-refractivity contribution in [2.24, 2.45) is 0 Å². The number of hydrogen-bond donors (Lipinski definition) is 0. The van der Waals surface area contributed by atoms with Gasteiger partial charge in [-0.3, -0.25) is 0 Å². The van der Waals surface area contributed by atoms with Crippen molar-refractivity contribution in [1.82, 2.24) is 0 Å². The normalized spacial score (nSPS) is 11.0. The first-order chi connectivity index (χ1) is 3.41. The van der Waals surface area contributed by atoms with Gasteiger partial charge in [0.25, 0.3) is 0 Å². The minimum Gasteiger partial charge on any atom is -0.172 e. The van der Waals surface area contributed by atoms with Crippen LogP contribution in [0.15, 0.2) is 0 Å². The molecule has 0 saturated heterocycles. The van der Waals surface area contributed by atoms with Gasteiger partial charge in [0.1, 0.15) is 7.57 Å². The summed E-state index contributed by atoms with van der Waals surface area (Å²) in [6.45, 7) is 0. The molecule has 0 aliphatic rings. The maximum atomic E-state index is 5.29. The van der Waals surface area contributed by atoms with Gasteiger partial charge in [-0.2, -0.15) is 8.46 Å². The van der Waals surface area contributed by atoms with Crippen LogP contribution in [0, 0.1) is 0 Å². The molecule has 3 heteroatoms. The summed E-state index contributed by atoms with van der Waals surface area (Å²) in [5.74, 6) is 0. The van der Waals surface area contributed by atoms with E-state index in [1.807, 2.05) is 0 Å². The summed E-state index contributed by atoms with van der Waals surface area (Å²) >= 11 is 0. The summed E-state index contributed by atoms with van der Waals surface area (Å²) in [7, 11) is 8.66. The smallest absolute Gasteiger partial charge is 0.104 e. The molecule has 2 atom stereocenters. The van der Waals surface area contributed by atoms with Crippen LogP contribution in [-0.2, 0) is 0 Å². The second-order valence-electron chi connectivity index (χ2n) is 1.45. The zero-order valence-corrected chi connectivity index (χ0v) is 6.64. The van der Waals surface area contributed by atoms with E-state index >= 15 is 0 Å². The Hall–Kier alpha value is 0.925. The lowest BCUT2D eigenvalue weighted by molar-refractivity contribution is 0.907. The molecule has 0 bridgehead atoms. The molecule has 0 rings (SSSR count). The molecule has 0 spiro atoms. The highest BCUT2D eigenvalue weighted by Gasteiger charge is 1.79. The third-order valence-corrected chi connectivity index (χ3v) is 1.83. The van der Waals surface area contributed by atoms with Crippen LogP contribution in [0.3, 0.4) is 0 Å². The van der Waals surface area contributed by atoms with E-state index in [0.717, 1.165) is 0 Å². The Balaban J connectivity index is 2.45. The second kappa shape index (κ2) is 6.92. The lowest BCUT2D eigenvalue weighted by atomic mass is 10.4. The average molecular weight is 132 g/mol. The molecule has 0 aliphatic carbocycles. The van der Waals surface area contributed by atoms with E-state index in [1.165, 1.54) is 25.2 Å². The van der Waals surface area contributed by atoms with Gasteiger partial charge in [-0.1, -0.05) is 6.42 Å². The van der Waals surface area contributed by atoms with Crippen molar-refractivity contribution < 1.29 is 0 Å². The van der Waals surface area contributed by atoms with Gasteiger partial charge in [-0.25, -0.2) is 0 Å². The average Bonchev–Trinajstić information content (AvgIpc) is 1.69. The van der Waals surface area contributed by atoms with Crippen LogP contribution in [-0.4, -0.2) is 19.9 Å². The highest BCUT2D eigenvalue weighted by atomic mass is 31.1. The van der Waals surface area contributed by atoms with Crippen LogP contribution in [0.4, 0.5) is 0 Å². The molecule has 0 nitrogen and oxygen atoms in total. The zero-order chi connectivity index (χ0) is 5.54. The van der Waals surface area contributed by atoms with E-state index in [1.54, 1.807) is 0 Å². The minimum absolute atomic E-state index is 0.658. The summed E-state index contributed by atoms with van der Waals surface area (Å²) in [6, 6.07) is 0. The van der Waals surface area contributed by atoms with Crippen LogP contribution in [0.5, 0.6) is 0 Å². The molecule has 0 amide bonds. The van der Waals surface area contributed by atoms with Crippen LogP contribution in [0.25, 0.3) is 0 Å². The quantitative estimate of drug-likeness (QED) is 0.308. The molecule has 0 aromatic heterocycles. The maximum Gasteiger partial charge on any atom is 0.104 e. The molecule has 0 aliphatic heterocycles. The van der Waals surface area contributed by atoms with E-state index in [2.05, 4.69) is 9.24 Å². The zero-order valence-electron chi connectivity index (χ0n) is 4.48. The summed E-state index contributed by atoms with van der Waals surface area (Å²) in [5.41, 5.74) is 0. The highest BCUT2D eigenvalue weighted by molar-refractivity contribution is 7.66. The highest BCUT2D eigenvalue weighted by Crippen LogP contribution is 2.05. The predicted octanol–water partition coefficient (Wildman–Crippen LogP) is 1.40. The fourth-order valence-corrected chi connectivity index (χ4v) is 1.11. The number of rotatable bonds is 4. The molecule has 2 unspecified atom stereocenters. The first-order valence-corrected chi connectivity index (χ1v) is 4.65. The second-order valence-corrected chi connectivity index (χ2v) is 2.94. The minimum atomic E-state index is 0.658. The fourth-order valence-electron chi connectivity index (χ4n) is 0.371. The van der Waals surface area contributed by atoms with Gasteiger partial charge in [0, 0.05) is 0 Å². The van der Waals surface area contributed by atoms with Crippen molar-refractivity contribution in [3.05, 3.63) is 0 Å². The standard InChI is InChI=1S/C4H11BP2/c5-7-4-2-1-3-6/h7H,1-4,6H2. The van der Waals surface area contributed by atoms with E-state index < -0.39 is 0 Å². The van der Waals surface area contributed by atoms with Crippen LogP contribution < -0.4 is 0 Å². The largest absolute Gasteiger partial charge is 0.172 e. The molecule has 0 N–H and O–H groups in total. The molecule has 0 saturated carbocycles. The van der Waals surface area contributed by atoms with Crippen molar-refractivity contribution in [1.29, 1.82) is 0 Å². The van der Waals surface area contributed by atoms with E-state index in [9.17, 15) is 0 Å². The van der Waals surface area contributed by atoms with Gasteiger partial charge in [0.2, 0.25) is 0 Å². The van der Waals surface area contributed by atoms with Crippen LogP contribution in [0.1, 0.15) is 12.8 Å². The molecule has 2 radical (unpaired) electrons. The molecule has 40 valence electrons. The topological polar surface area (TPSA) is 0 Å². The third-order valence-electron chi connectivity index (χ3n) is 0.775. The molecular formula is C4H11BP2. The van der Waals surface area contributed by atoms with Crippen LogP contribution in [0.2, 0.25) is 0 Å². The van der Waals surface area contributed by atoms with Gasteiger partial charge in [-0.05, 0) is 18.7 Å². The lowest BCUT2D eigenvalue weighted by Gasteiger charge is -1.91. The summed E-state index contributed by atoms with van der Waals surface area (Å²) in [6.07, 6.45) is 5.06. The van der Waals surface area contributed by atoms with E-state index in [0.29, 0.717) is 8.46 Å². The first kappa shape index (κ1) is 7.92.